The zero-order valence-corrected chi connectivity index (χ0v) is 9.05. The van der Waals surface area contributed by atoms with Gasteiger partial charge in [-0.2, -0.15) is 0 Å². The van der Waals surface area contributed by atoms with E-state index < -0.39 is 0 Å². The molecule has 1 aromatic carbocycles. The van der Waals surface area contributed by atoms with E-state index in [9.17, 15) is 0 Å². The van der Waals surface area contributed by atoms with Crippen molar-refractivity contribution in [3.05, 3.63) is 35.4 Å². The lowest BCUT2D eigenvalue weighted by atomic mass is 10.1. The third kappa shape index (κ3) is 3.81. The summed E-state index contributed by atoms with van der Waals surface area (Å²) in [6, 6.07) is 8.23. The van der Waals surface area contributed by atoms with Gasteiger partial charge in [-0.05, 0) is 23.1 Å². The molecule has 0 spiro atoms. The fraction of sp³-hybridized carbons (Fsp3) is 0.300. The standard InChI is InChI=1S/C10H15N3S/c1-14-13-8-12-7-10-4-2-9(6-11)3-5-10/h2-5,8H,6-7,11H2,1H3,(H,12,13). The van der Waals surface area contributed by atoms with Gasteiger partial charge in [0.1, 0.15) is 0 Å². The van der Waals surface area contributed by atoms with Gasteiger partial charge in [-0.3, -0.25) is 0 Å². The van der Waals surface area contributed by atoms with Crippen molar-refractivity contribution in [1.29, 1.82) is 0 Å². The van der Waals surface area contributed by atoms with Gasteiger partial charge in [-0.25, -0.2) is 4.40 Å². The fourth-order valence-corrected chi connectivity index (χ4v) is 1.23. The first-order valence-electron chi connectivity index (χ1n) is 4.43. The SMILES string of the molecule is CSN=CNCc1ccc(CN)cc1. The lowest BCUT2D eigenvalue weighted by molar-refractivity contribution is 0.932. The molecule has 1 rings (SSSR count). The van der Waals surface area contributed by atoms with E-state index in [-0.39, 0.29) is 0 Å². The molecule has 0 aliphatic rings. The van der Waals surface area contributed by atoms with Crippen LogP contribution < -0.4 is 11.1 Å². The predicted molar refractivity (Wildman–Crippen MR) is 63.2 cm³/mol. The Morgan fingerprint density at radius 2 is 2.00 bits per heavy atom. The summed E-state index contributed by atoms with van der Waals surface area (Å²) in [6.45, 7) is 1.40. The Labute approximate surface area is 88.9 Å². The van der Waals surface area contributed by atoms with Gasteiger partial charge in [0.25, 0.3) is 0 Å². The Balaban J connectivity index is 2.40. The van der Waals surface area contributed by atoms with Crippen LogP contribution >= 0.6 is 11.9 Å². The van der Waals surface area contributed by atoms with Crippen molar-refractivity contribution in [2.45, 2.75) is 13.1 Å². The Morgan fingerprint density at radius 1 is 1.36 bits per heavy atom. The van der Waals surface area contributed by atoms with Crippen molar-refractivity contribution in [3.63, 3.8) is 0 Å². The van der Waals surface area contributed by atoms with Gasteiger partial charge in [-0.1, -0.05) is 24.3 Å². The minimum Gasteiger partial charge on any atom is -0.371 e. The van der Waals surface area contributed by atoms with Crippen molar-refractivity contribution < 1.29 is 0 Å². The number of benzene rings is 1. The molecule has 0 radical (unpaired) electrons. The molecule has 0 aliphatic carbocycles. The summed E-state index contributed by atoms with van der Waals surface area (Å²) < 4.78 is 3.98. The maximum absolute atomic E-state index is 5.50. The third-order valence-corrected chi connectivity index (χ3v) is 2.13. The van der Waals surface area contributed by atoms with Crippen LogP contribution in [0.1, 0.15) is 11.1 Å². The van der Waals surface area contributed by atoms with E-state index in [0.717, 1.165) is 12.1 Å². The van der Waals surface area contributed by atoms with Crippen LogP contribution in [0.4, 0.5) is 0 Å². The molecule has 0 unspecified atom stereocenters. The van der Waals surface area contributed by atoms with E-state index in [1.165, 1.54) is 17.5 Å². The number of nitrogens with two attached hydrogens (primary N) is 1. The normalized spacial score (nSPS) is 10.7. The Hall–Kier alpha value is -1.00. The van der Waals surface area contributed by atoms with Crippen LogP contribution in [-0.2, 0) is 13.1 Å². The molecule has 14 heavy (non-hydrogen) atoms. The predicted octanol–water partition coefficient (Wildman–Crippen LogP) is 1.54. The molecule has 0 heterocycles. The highest BCUT2D eigenvalue weighted by atomic mass is 32.2. The summed E-state index contributed by atoms with van der Waals surface area (Å²) >= 11 is 1.43. The van der Waals surface area contributed by atoms with E-state index in [0.29, 0.717) is 6.54 Å². The molecular formula is C10H15N3S. The van der Waals surface area contributed by atoms with Gasteiger partial charge < -0.3 is 11.1 Å². The highest BCUT2D eigenvalue weighted by Crippen LogP contribution is 2.02. The van der Waals surface area contributed by atoms with Gasteiger partial charge >= 0.3 is 0 Å². The van der Waals surface area contributed by atoms with E-state index in [4.69, 9.17) is 5.73 Å². The van der Waals surface area contributed by atoms with E-state index in [2.05, 4.69) is 21.8 Å². The van der Waals surface area contributed by atoms with Crippen LogP contribution in [0.2, 0.25) is 0 Å². The molecular weight excluding hydrogens is 194 g/mol. The lowest BCUT2D eigenvalue weighted by Crippen LogP contribution is -2.09. The van der Waals surface area contributed by atoms with E-state index in [1.807, 2.05) is 18.4 Å². The quantitative estimate of drug-likeness (QED) is 0.439. The average Bonchev–Trinajstić information content (AvgIpc) is 2.25. The monoisotopic (exact) mass is 209 g/mol. The fourth-order valence-electron chi connectivity index (χ4n) is 1.05. The summed E-state index contributed by atoms with van der Waals surface area (Å²) in [7, 11) is 0. The lowest BCUT2D eigenvalue weighted by Gasteiger charge is -2.01. The second-order valence-corrected chi connectivity index (χ2v) is 3.39. The third-order valence-electron chi connectivity index (χ3n) is 1.81. The van der Waals surface area contributed by atoms with Crippen LogP contribution in [0.25, 0.3) is 0 Å². The van der Waals surface area contributed by atoms with Gasteiger partial charge in [0.15, 0.2) is 0 Å². The molecule has 0 aliphatic heterocycles. The zero-order valence-electron chi connectivity index (χ0n) is 8.23. The van der Waals surface area contributed by atoms with Crippen LogP contribution in [0.3, 0.4) is 0 Å². The van der Waals surface area contributed by atoms with Gasteiger partial charge in [0.2, 0.25) is 0 Å². The number of nitrogens with zero attached hydrogens (tertiary/aromatic N) is 1. The average molecular weight is 209 g/mol. The molecule has 0 fully saturated rings. The maximum atomic E-state index is 5.50. The summed E-state index contributed by atoms with van der Waals surface area (Å²) in [5, 5.41) is 3.10. The van der Waals surface area contributed by atoms with Crippen molar-refractivity contribution in [3.8, 4) is 0 Å². The van der Waals surface area contributed by atoms with Crippen molar-refractivity contribution in [2.75, 3.05) is 6.26 Å². The molecule has 76 valence electrons. The topological polar surface area (TPSA) is 50.4 Å². The molecule has 0 saturated heterocycles. The van der Waals surface area contributed by atoms with Crippen LogP contribution in [0.15, 0.2) is 28.7 Å². The Morgan fingerprint density at radius 3 is 2.57 bits per heavy atom. The molecule has 4 heteroatoms. The zero-order chi connectivity index (χ0) is 10.2. The molecule has 0 amide bonds. The van der Waals surface area contributed by atoms with Crippen LogP contribution in [-0.4, -0.2) is 12.6 Å². The van der Waals surface area contributed by atoms with Gasteiger partial charge in [0.05, 0.1) is 6.34 Å². The van der Waals surface area contributed by atoms with Crippen molar-refractivity contribution in [1.82, 2.24) is 5.32 Å². The maximum Gasteiger partial charge on any atom is 0.0966 e. The first kappa shape index (κ1) is 11.1. The minimum atomic E-state index is 0.599. The molecule has 0 aromatic heterocycles. The Bertz CT molecular complexity index is 282. The van der Waals surface area contributed by atoms with Crippen LogP contribution in [0, 0.1) is 0 Å². The minimum absolute atomic E-state index is 0.599. The van der Waals surface area contributed by atoms with Crippen molar-refractivity contribution >= 4 is 18.3 Å². The molecule has 0 saturated carbocycles. The van der Waals surface area contributed by atoms with E-state index in [1.54, 1.807) is 6.34 Å². The van der Waals surface area contributed by atoms with Crippen molar-refractivity contribution in [2.24, 2.45) is 10.1 Å². The number of hydrogen-bond donors (Lipinski definition) is 2. The molecule has 3 N–H and O–H groups in total. The summed E-state index contributed by atoms with van der Waals surface area (Å²) in [5.74, 6) is 0. The molecule has 1 aromatic rings. The first-order valence-corrected chi connectivity index (χ1v) is 5.61. The number of nitrogens with one attached hydrogen (secondary N) is 1. The second-order valence-electron chi connectivity index (χ2n) is 2.82. The highest BCUT2D eigenvalue weighted by Gasteiger charge is 1.91. The summed E-state index contributed by atoms with van der Waals surface area (Å²) in [4.78, 5) is 0. The highest BCUT2D eigenvalue weighted by molar-refractivity contribution is 7.97. The summed E-state index contributed by atoms with van der Waals surface area (Å²) in [6.07, 6.45) is 3.63. The summed E-state index contributed by atoms with van der Waals surface area (Å²) in [5.41, 5.74) is 7.89. The Kier molecular flexibility index (Phi) is 5.11. The smallest absolute Gasteiger partial charge is 0.0966 e. The van der Waals surface area contributed by atoms with Gasteiger partial charge in [-0.15, -0.1) is 0 Å². The van der Waals surface area contributed by atoms with Crippen LogP contribution in [0.5, 0.6) is 0 Å². The number of hydrogen-bond acceptors (Lipinski definition) is 3. The van der Waals surface area contributed by atoms with E-state index >= 15 is 0 Å². The second kappa shape index (κ2) is 6.45. The number of rotatable bonds is 5. The molecule has 0 bridgehead atoms. The largest absolute Gasteiger partial charge is 0.371 e. The molecule has 0 atom stereocenters. The van der Waals surface area contributed by atoms with Gasteiger partial charge in [0, 0.05) is 19.3 Å². The molecule has 3 nitrogen and oxygen atoms in total. The first-order chi connectivity index (χ1) is 6.86.